The quantitative estimate of drug-likeness (QED) is 0.419. The molecule has 0 N–H and O–H groups in total. The highest BCUT2D eigenvalue weighted by atomic mass is 79.9. The van der Waals surface area contributed by atoms with E-state index in [0.29, 0.717) is 6.42 Å². The molecule has 0 saturated heterocycles. The fourth-order valence-corrected chi connectivity index (χ4v) is 2.36. The zero-order valence-corrected chi connectivity index (χ0v) is 10.9. The van der Waals surface area contributed by atoms with Gasteiger partial charge >= 0.3 is 5.97 Å². The highest BCUT2D eigenvalue weighted by Crippen LogP contribution is 2.20. The predicted molar refractivity (Wildman–Crippen MR) is 65.2 cm³/mol. The van der Waals surface area contributed by atoms with Crippen molar-refractivity contribution in [1.82, 2.24) is 0 Å². The minimum Gasteiger partial charge on any atom is -0.462 e. The van der Waals surface area contributed by atoms with Crippen molar-refractivity contribution in [3.63, 3.8) is 0 Å². The van der Waals surface area contributed by atoms with Crippen molar-refractivity contribution in [2.24, 2.45) is 0 Å². The summed E-state index contributed by atoms with van der Waals surface area (Å²) in [4.78, 5) is 11.4. The molecule has 1 aliphatic rings. The molecule has 0 unspecified atom stereocenters. The van der Waals surface area contributed by atoms with Gasteiger partial charge in [-0.1, -0.05) is 28.8 Å². The van der Waals surface area contributed by atoms with Gasteiger partial charge in [-0.15, -0.1) is 0 Å². The summed E-state index contributed by atoms with van der Waals surface area (Å²) in [5.74, 6) is 0.0106. The lowest BCUT2D eigenvalue weighted by molar-refractivity contribution is -0.150. The molecule has 0 atom stereocenters. The number of hydrogen-bond donors (Lipinski definition) is 0. The summed E-state index contributed by atoms with van der Waals surface area (Å²) in [6, 6.07) is 0. The van der Waals surface area contributed by atoms with Crippen LogP contribution in [0, 0.1) is 0 Å². The first-order valence-corrected chi connectivity index (χ1v) is 7.20. The first kappa shape index (κ1) is 13.0. The van der Waals surface area contributed by atoms with Gasteiger partial charge in [0, 0.05) is 11.8 Å². The second kappa shape index (κ2) is 8.14. The minimum absolute atomic E-state index is 0.0106. The number of rotatable bonds is 6. The van der Waals surface area contributed by atoms with Gasteiger partial charge in [0.25, 0.3) is 0 Å². The number of carbonyl (C=O) groups excluding carboxylic acids is 1. The SMILES string of the molecule is O=C(CCCCCBr)OC1CCCCC1. The maximum Gasteiger partial charge on any atom is 0.306 e. The van der Waals surface area contributed by atoms with Gasteiger partial charge in [-0.2, -0.15) is 0 Å². The Labute approximate surface area is 101 Å². The van der Waals surface area contributed by atoms with Crippen molar-refractivity contribution in [2.75, 3.05) is 5.33 Å². The van der Waals surface area contributed by atoms with Crippen LogP contribution in [-0.2, 0) is 9.53 Å². The van der Waals surface area contributed by atoms with Gasteiger partial charge < -0.3 is 4.74 Å². The number of hydrogen-bond acceptors (Lipinski definition) is 2. The Kier molecular flexibility index (Phi) is 7.07. The van der Waals surface area contributed by atoms with Gasteiger partial charge in [-0.05, 0) is 38.5 Å². The molecule has 15 heavy (non-hydrogen) atoms. The van der Waals surface area contributed by atoms with Crippen LogP contribution < -0.4 is 0 Å². The summed E-state index contributed by atoms with van der Waals surface area (Å²) >= 11 is 3.38. The molecule has 0 bridgehead atoms. The normalized spacial score (nSPS) is 17.7. The van der Waals surface area contributed by atoms with E-state index in [1.807, 2.05) is 0 Å². The van der Waals surface area contributed by atoms with E-state index in [1.165, 1.54) is 19.3 Å². The molecule has 0 aromatic rings. The Bertz CT molecular complexity index is 176. The molecule has 3 heteroatoms. The molecular weight excluding hydrogens is 256 g/mol. The standard InChI is InChI=1S/C12H21BrO2/c13-10-6-2-5-9-12(14)15-11-7-3-1-4-8-11/h11H,1-10H2. The third kappa shape index (κ3) is 6.18. The molecule has 1 rings (SSSR count). The van der Waals surface area contributed by atoms with Crippen molar-refractivity contribution in [3.8, 4) is 0 Å². The molecule has 0 heterocycles. The summed E-state index contributed by atoms with van der Waals surface area (Å²) in [6.07, 6.45) is 9.97. The monoisotopic (exact) mass is 276 g/mol. The first-order chi connectivity index (χ1) is 7.33. The molecular formula is C12H21BrO2. The van der Waals surface area contributed by atoms with E-state index in [-0.39, 0.29) is 12.1 Å². The second-order valence-electron chi connectivity index (χ2n) is 4.25. The zero-order chi connectivity index (χ0) is 10.9. The number of unbranched alkanes of at least 4 members (excludes halogenated alkanes) is 2. The lowest BCUT2D eigenvalue weighted by atomic mass is 9.98. The molecule has 0 aromatic heterocycles. The number of halogens is 1. The zero-order valence-electron chi connectivity index (χ0n) is 9.34. The Morgan fingerprint density at radius 1 is 1.13 bits per heavy atom. The summed E-state index contributed by atoms with van der Waals surface area (Å²) in [5.41, 5.74) is 0. The number of ether oxygens (including phenoxy) is 1. The molecule has 0 amide bonds. The topological polar surface area (TPSA) is 26.3 Å². The molecule has 0 radical (unpaired) electrons. The van der Waals surface area contributed by atoms with Crippen molar-refractivity contribution in [3.05, 3.63) is 0 Å². The first-order valence-electron chi connectivity index (χ1n) is 6.08. The van der Waals surface area contributed by atoms with E-state index >= 15 is 0 Å². The number of carbonyl (C=O) groups is 1. The van der Waals surface area contributed by atoms with E-state index in [1.54, 1.807) is 0 Å². The summed E-state index contributed by atoms with van der Waals surface area (Å²) in [6.45, 7) is 0. The van der Waals surface area contributed by atoms with Gasteiger partial charge in [0.2, 0.25) is 0 Å². The smallest absolute Gasteiger partial charge is 0.306 e. The molecule has 0 aromatic carbocycles. The second-order valence-corrected chi connectivity index (χ2v) is 5.04. The molecule has 2 nitrogen and oxygen atoms in total. The van der Waals surface area contributed by atoms with E-state index in [0.717, 1.165) is 37.4 Å². The highest BCUT2D eigenvalue weighted by molar-refractivity contribution is 9.09. The maximum absolute atomic E-state index is 11.4. The van der Waals surface area contributed by atoms with Crippen molar-refractivity contribution in [2.45, 2.75) is 63.9 Å². The van der Waals surface area contributed by atoms with Crippen LogP contribution in [0.2, 0.25) is 0 Å². The largest absolute Gasteiger partial charge is 0.462 e. The maximum atomic E-state index is 11.4. The highest BCUT2D eigenvalue weighted by Gasteiger charge is 2.16. The molecule has 88 valence electrons. The fourth-order valence-electron chi connectivity index (χ4n) is 1.97. The van der Waals surface area contributed by atoms with Crippen molar-refractivity contribution >= 4 is 21.9 Å². The van der Waals surface area contributed by atoms with Gasteiger partial charge in [0.15, 0.2) is 0 Å². The summed E-state index contributed by atoms with van der Waals surface area (Å²) in [5, 5.41) is 1.03. The van der Waals surface area contributed by atoms with Crippen LogP contribution in [0.5, 0.6) is 0 Å². The van der Waals surface area contributed by atoms with Crippen LogP contribution >= 0.6 is 15.9 Å². The molecule has 0 aliphatic heterocycles. The predicted octanol–water partition coefficient (Wildman–Crippen LogP) is 3.82. The van der Waals surface area contributed by atoms with Gasteiger partial charge in [0.1, 0.15) is 6.10 Å². The van der Waals surface area contributed by atoms with Crippen LogP contribution in [0.1, 0.15) is 57.8 Å². The summed E-state index contributed by atoms with van der Waals surface area (Å²) in [7, 11) is 0. The van der Waals surface area contributed by atoms with Crippen molar-refractivity contribution < 1.29 is 9.53 Å². The van der Waals surface area contributed by atoms with E-state index in [4.69, 9.17) is 4.74 Å². The average molecular weight is 277 g/mol. The Morgan fingerprint density at radius 2 is 1.87 bits per heavy atom. The van der Waals surface area contributed by atoms with Crippen molar-refractivity contribution in [1.29, 1.82) is 0 Å². The van der Waals surface area contributed by atoms with Crippen LogP contribution in [0.15, 0.2) is 0 Å². The van der Waals surface area contributed by atoms with Gasteiger partial charge in [-0.3, -0.25) is 4.79 Å². The molecule has 1 fully saturated rings. The lowest BCUT2D eigenvalue weighted by Gasteiger charge is -2.21. The third-order valence-corrected chi connectivity index (χ3v) is 3.43. The Balaban J connectivity index is 2.01. The Morgan fingerprint density at radius 3 is 2.53 bits per heavy atom. The molecule has 0 spiro atoms. The lowest BCUT2D eigenvalue weighted by Crippen LogP contribution is -2.20. The van der Waals surface area contributed by atoms with Gasteiger partial charge in [0.05, 0.1) is 0 Å². The van der Waals surface area contributed by atoms with Crippen LogP contribution in [0.4, 0.5) is 0 Å². The Hall–Kier alpha value is -0.0500. The van der Waals surface area contributed by atoms with E-state index < -0.39 is 0 Å². The van der Waals surface area contributed by atoms with Crippen LogP contribution in [-0.4, -0.2) is 17.4 Å². The van der Waals surface area contributed by atoms with E-state index in [2.05, 4.69) is 15.9 Å². The van der Waals surface area contributed by atoms with Crippen LogP contribution in [0.3, 0.4) is 0 Å². The third-order valence-electron chi connectivity index (χ3n) is 2.86. The summed E-state index contributed by atoms with van der Waals surface area (Å²) < 4.78 is 5.42. The minimum atomic E-state index is 0.0106. The van der Waals surface area contributed by atoms with Crippen LogP contribution in [0.25, 0.3) is 0 Å². The number of esters is 1. The fraction of sp³-hybridized carbons (Fsp3) is 0.917. The molecule has 1 saturated carbocycles. The van der Waals surface area contributed by atoms with Gasteiger partial charge in [-0.25, -0.2) is 0 Å². The molecule has 1 aliphatic carbocycles. The number of alkyl halides is 1. The average Bonchev–Trinajstić information content (AvgIpc) is 2.26. The van der Waals surface area contributed by atoms with E-state index in [9.17, 15) is 4.79 Å².